The predicted molar refractivity (Wildman–Crippen MR) is 66.1 cm³/mol. The van der Waals surface area contributed by atoms with Crippen molar-refractivity contribution in [3.63, 3.8) is 0 Å². The summed E-state index contributed by atoms with van der Waals surface area (Å²) in [5, 5.41) is 4.95. The average Bonchev–Trinajstić information content (AvgIpc) is 2.95. The fraction of sp³-hybridized carbons (Fsp3) is 0.250. The first-order valence-electron chi connectivity index (χ1n) is 5.88. The van der Waals surface area contributed by atoms with Gasteiger partial charge in [0.2, 0.25) is 11.9 Å². The van der Waals surface area contributed by atoms with E-state index in [9.17, 15) is 18.0 Å². The molecule has 1 amide bonds. The van der Waals surface area contributed by atoms with E-state index in [-0.39, 0.29) is 19.0 Å². The lowest BCUT2D eigenvalue weighted by molar-refractivity contribution is -0.141. The Kier molecular flexibility index (Phi) is 4.41. The summed E-state index contributed by atoms with van der Waals surface area (Å²) in [5.41, 5.74) is -1.07. The van der Waals surface area contributed by atoms with Gasteiger partial charge >= 0.3 is 6.18 Å². The number of carbonyl (C=O) groups is 1. The number of nitrogens with one attached hydrogen (secondary N) is 2. The highest BCUT2D eigenvalue weighted by atomic mass is 19.4. The van der Waals surface area contributed by atoms with Crippen LogP contribution in [0, 0.1) is 0 Å². The van der Waals surface area contributed by atoms with Crippen LogP contribution in [0.3, 0.4) is 0 Å². The Morgan fingerprint density at radius 1 is 1.33 bits per heavy atom. The minimum absolute atomic E-state index is 0.191. The largest absolute Gasteiger partial charge is 0.467 e. The summed E-state index contributed by atoms with van der Waals surface area (Å²) in [6, 6.07) is 4.11. The van der Waals surface area contributed by atoms with E-state index in [0.29, 0.717) is 5.76 Å². The number of rotatable bonds is 5. The second kappa shape index (κ2) is 6.25. The molecule has 0 fully saturated rings. The Bertz CT molecular complexity index is 599. The number of halogens is 3. The zero-order chi connectivity index (χ0) is 15.3. The third-order valence-corrected chi connectivity index (χ3v) is 2.39. The van der Waals surface area contributed by atoms with E-state index in [2.05, 4.69) is 20.6 Å². The lowest BCUT2D eigenvalue weighted by Gasteiger charge is -2.08. The first-order chi connectivity index (χ1) is 9.95. The van der Waals surface area contributed by atoms with Gasteiger partial charge in [0, 0.05) is 6.20 Å². The number of nitrogens with zero attached hydrogens (tertiary/aromatic N) is 2. The van der Waals surface area contributed by atoms with Crippen molar-refractivity contribution in [3.05, 3.63) is 42.1 Å². The van der Waals surface area contributed by atoms with Gasteiger partial charge in [-0.15, -0.1) is 0 Å². The van der Waals surface area contributed by atoms with E-state index in [4.69, 9.17) is 4.42 Å². The van der Waals surface area contributed by atoms with Gasteiger partial charge in [0.25, 0.3) is 0 Å². The van der Waals surface area contributed by atoms with E-state index in [0.717, 1.165) is 12.3 Å². The molecule has 0 radical (unpaired) electrons. The molecule has 0 atom stereocenters. The molecule has 0 aliphatic carbocycles. The maximum Gasteiger partial charge on any atom is 0.433 e. The molecule has 2 heterocycles. The highest BCUT2D eigenvalue weighted by Crippen LogP contribution is 2.27. The van der Waals surface area contributed by atoms with Gasteiger partial charge in [-0.1, -0.05) is 0 Å². The van der Waals surface area contributed by atoms with Gasteiger partial charge in [-0.2, -0.15) is 13.2 Å². The normalized spacial score (nSPS) is 11.2. The van der Waals surface area contributed by atoms with Crippen molar-refractivity contribution < 1.29 is 22.4 Å². The molecule has 0 saturated heterocycles. The highest BCUT2D eigenvalue weighted by molar-refractivity contribution is 5.80. The molecular formula is C12H11F3N4O2. The number of hydrogen-bond acceptors (Lipinski definition) is 5. The standard InChI is InChI=1S/C12H11F3N4O2/c13-12(14,15)9-3-4-16-11(19-9)18-7-10(20)17-6-8-2-1-5-21-8/h1-5H,6-7H2,(H,17,20)(H,16,18,19). The first-order valence-corrected chi connectivity index (χ1v) is 5.88. The van der Waals surface area contributed by atoms with Gasteiger partial charge in [0.05, 0.1) is 19.4 Å². The van der Waals surface area contributed by atoms with E-state index >= 15 is 0 Å². The Balaban J connectivity index is 1.83. The molecule has 9 heteroatoms. The predicted octanol–water partition coefficient (Wildman–Crippen LogP) is 1.82. The van der Waals surface area contributed by atoms with Crippen LogP contribution in [0.2, 0.25) is 0 Å². The van der Waals surface area contributed by atoms with Crippen molar-refractivity contribution >= 4 is 11.9 Å². The molecule has 0 bridgehead atoms. The van der Waals surface area contributed by atoms with Crippen LogP contribution >= 0.6 is 0 Å². The van der Waals surface area contributed by atoms with E-state index in [1.165, 1.54) is 6.26 Å². The van der Waals surface area contributed by atoms with Crippen LogP contribution in [-0.4, -0.2) is 22.4 Å². The van der Waals surface area contributed by atoms with E-state index in [1.54, 1.807) is 12.1 Å². The van der Waals surface area contributed by atoms with Gasteiger partial charge in [-0.05, 0) is 18.2 Å². The van der Waals surface area contributed by atoms with E-state index < -0.39 is 17.8 Å². The molecule has 2 N–H and O–H groups in total. The van der Waals surface area contributed by atoms with Crippen LogP contribution in [0.25, 0.3) is 0 Å². The number of aromatic nitrogens is 2. The van der Waals surface area contributed by atoms with Gasteiger partial charge in [-0.3, -0.25) is 4.79 Å². The van der Waals surface area contributed by atoms with Gasteiger partial charge in [-0.25, -0.2) is 9.97 Å². The molecule has 2 aromatic heterocycles. The molecule has 0 saturated carbocycles. The molecular weight excluding hydrogens is 289 g/mol. The second-order valence-electron chi connectivity index (χ2n) is 3.97. The number of amides is 1. The first kappa shape index (κ1) is 14.8. The fourth-order valence-corrected chi connectivity index (χ4v) is 1.42. The SMILES string of the molecule is O=C(CNc1nccc(C(F)(F)F)n1)NCc1ccco1. The average molecular weight is 300 g/mol. The third-order valence-electron chi connectivity index (χ3n) is 2.39. The number of anilines is 1. The van der Waals surface area contributed by atoms with Crippen LogP contribution in [0.4, 0.5) is 19.1 Å². The number of carbonyl (C=O) groups excluding carboxylic acids is 1. The molecule has 112 valence electrons. The Morgan fingerprint density at radius 3 is 2.81 bits per heavy atom. The molecule has 0 aliphatic rings. The maximum atomic E-state index is 12.4. The number of alkyl halides is 3. The van der Waals surface area contributed by atoms with Crippen LogP contribution in [-0.2, 0) is 17.5 Å². The Hall–Kier alpha value is -2.58. The van der Waals surface area contributed by atoms with Crippen molar-refractivity contribution in [2.24, 2.45) is 0 Å². The van der Waals surface area contributed by atoms with Crippen molar-refractivity contribution in [2.75, 3.05) is 11.9 Å². The van der Waals surface area contributed by atoms with Gasteiger partial charge in [0.1, 0.15) is 11.5 Å². The molecule has 0 aliphatic heterocycles. The number of hydrogen-bond donors (Lipinski definition) is 2. The van der Waals surface area contributed by atoms with Crippen LogP contribution in [0.5, 0.6) is 0 Å². The monoisotopic (exact) mass is 300 g/mol. The maximum absolute atomic E-state index is 12.4. The Morgan fingerprint density at radius 2 is 2.14 bits per heavy atom. The summed E-state index contributed by atoms with van der Waals surface area (Å²) in [6.07, 6.45) is -2.12. The molecule has 6 nitrogen and oxygen atoms in total. The highest BCUT2D eigenvalue weighted by Gasteiger charge is 2.32. The zero-order valence-corrected chi connectivity index (χ0v) is 10.6. The summed E-state index contributed by atoms with van der Waals surface area (Å²) in [5.74, 6) is -0.121. The van der Waals surface area contributed by atoms with Crippen LogP contribution < -0.4 is 10.6 Å². The third kappa shape index (κ3) is 4.48. The summed E-state index contributed by atoms with van der Waals surface area (Å²) in [6.45, 7) is -0.0566. The lowest BCUT2D eigenvalue weighted by Crippen LogP contribution is -2.29. The summed E-state index contributed by atoms with van der Waals surface area (Å²) in [7, 11) is 0. The second-order valence-corrected chi connectivity index (χ2v) is 3.97. The lowest BCUT2D eigenvalue weighted by atomic mass is 10.4. The Labute approximate surface area is 117 Å². The molecule has 0 unspecified atom stereocenters. The molecule has 2 rings (SSSR count). The van der Waals surface area contributed by atoms with Crippen LogP contribution in [0.15, 0.2) is 35.1 Å². The molecule has 2 aromatic rings. The van der Waals surface area contributed by atoms with Crippen molar-refractivity contribution in [2.45, 2.75) is 12.7 Å². The fourth-order valence-electron chi connectivity index (χ4n) is 1.42. The minimum atomic E-state index is -4.55. The van der Waals surface area contributed by atoms with Gasteiger partial charge in [0.15, 0.2) is 0 Å². The quantitative estimate of drug-likeness (QED) is 0.880. The summed E-state index contributed by atoms with van der Waals surface area (Å²) < 4.78 is 42.3. The van der Waals surface area contributed by atoms with E-state index in [1.807, 2.05) is 0 Å². The minimum Gasteiger partial charge on any atom is -0.467 e. The smallest absolute Gasteiger partial charge is 0.433 e. The molecule has 0 aromatic carbocycles. The number of furan rings is 1. The topological polar surface area (TPSA) is 80.0 Å². The summed E-state index contributed by atoms with van der Waals surface area (Å²) in [4.78, 5) is 18.4. The zero-order valence-electron chi connectivity index (χ0n) is 10.6. The van der Waals surface area contributed by atoms with Crippen molar-refractivity contribution in [1.82, 2.24) is 15.3 Å². The van der Waals surface area contributed by atoms with Crippen LogP contribution in [0.1, 0.15) is 11.5 Å². The van der Waals surface area contributed by atoms with Crippen molar-refractivity contribution in [3.8, 4) is 0 Å². The molecule has 0 spiro atoms. The summed E-state index contributed by atoms with van der Waals surface area (Å²) >= 11 is 0. The van der Waals surface area contributed by atoms with Gasteiger partial charge < -0.3 is 15.1 Å². The van der Waals surface area contributed by atoms with Crippen molar-refractivity contribution in [1.29, 1.82) is 0 Å². The molecule has 21 heavy (non-hydrogen) atoms.